The number of nitrogens with zero attached hydrogens (tertiary/aromatic N) is 3. The van der Waals surface area contributed by atoms with E-state index >= 15 is 0 Å². The Kier molecular flexibility index (Phi) is 5.11. The van der Waals surface area contributed by atoms with Crippen LogP contribution < -0.4 is 4.90 Å². The van der Waals surface area contributed by atoms with Gasteiger partial charge in [0.1, 0.15) is 10.7 Å². The van der Waals surface area contributed by atoms with Gasteiger partial charge in [0, 0.05) is 37.3 Å². The van der Waals surface area contributed by atoms with Crippen LogP contribution in [0.3, 0.4) is 0 Å². The van der Waals surface area contributed by atoms with Crippen LogP contribution in [0.15, 0.2) is 46.8 Å². The Labute approximate surface area is 159 Å². The third kappa shape index (κ3) is 3.43. The number of hydrogen-bond donors (Lipinski definition) is 0. The summed E-state index contributed by atoms with van der Waals surface area (Å²) in [6, 6.07) is 7.62. The summed E-state index contributed by atoms with van der Waals surface area (Å²) in [7, 11) is -3.49. The summed E-state index contributed by atoms with van der Waals surface area (Å²) in [4.78, 5) is 8.16. The van der Waals surface area contributed by atoms with Crippen LogP contribution in [0.2, 0.25) is 0 Å². The van der Waals surface area contributed by atoms with Crippen molar-refractivity contribution in [3.8, 4) is 0 Å². The highest BCUT2D eigenvalue weighted by Gasteiger charge is 2.30. The second-order valence-electron chi connectivity index (χ2n) is 6.69. The van der Waals surface area contributed by atoms with Gasteiger partial charge in [0.2, 0.25) is 10.0 Å². The lowest BCUT2D eigenvalue weighted by atomic mass is 10.1. The second kappa shape index (κ2) is 7.50. The van der Waals surface area contributed by atoms with Gasteiger partial charge >= 0.3 is 0 Å². The monoisotopic (exact) mass is 389 g/mol. The minimum atomic E-state index is -3.49. The first-order chi connectivity index (χ1) is 12.7. The molecule has 0 bridgehead atoms. The third-order valence-corrected chi connectivity index (χ3v) is 7.89. The zero-order valence-electron chi connectivity index (χ0n) is 14.7. The number of thiophene rings is 1. The second-order valence-corrected chi connectivity index (χ2v) is 9.55. The summed E-state index contributed by atoms with van der Waals surface area (Å²) in [6.07, 6.45) is 7.76. The van der Waals surface area contributed by atoms with Gasteiger partial charge in [-0.05, 0) is 48.4 Å². The van der Waals surface area contributed by atoms with Crippen LogP contribution in [0.25, 0.3) is 5.57 Å². The fraction of sp³-hybridized carbons (Fsp3) is 0.421. The van der Waals surface area contributed by atoms with Crippen molar-refractivity contribution >= 4 is 32.8 Å². The Bertz CT molecular complexity index is 885. The van der Waals surface area contributed by atoms with Gasteiger partial charge in [-0.2, -0.15) is 4.31 Å². The maximum atomic E-state index is 13.1. The molecule has 0 saturated carbocycles. The minimum absolute atomic E-state index is 0.342. The van der Waals surface area contributed by atoms with E-state index in [0.29, 0.717) is 30.3 Å². The van der Waals surface area contributed by atoms with E-state index in [1.807, 2.05) is 0 Å². The van der Waals surface area contributed by atoms with Crippen LogP contribution in [-0.2, 0) is 10.0 Å². The number of hydrogen-bond acceptors (Lipinski definition) is 5. The molecule has 1 fully saturated rings. The molecule has 1 saturated heterocycles. The van der Waals surface area contributed by atoms with Crippen molar-refractivity contribution in [2.45, 2.75) is 30.6 Å². The van der Waals surface area contributed by atoms with Gasteiger partial charge in [-0.1, -0.05) is 18.6 Å². The average molecular weight is 390 g/mol. The molecule has 0 aromatic carbocycles. The van der Waals surface area contributed by atoms with E-state index in [-0.39, 0.29) is 0 Å². The number of pyridine rings is 1. The lowest BCUT2D eigenvalue weighted by Gasteiger charge is -2.31. The molecule has 5 nitrogen and oxygen atoms in total. The Morgan fingerprint density at radius 1 is 1.04 bits per heavy atom. The van der Waals surface area contributed by atoms with Crippen LogP contribution in [0.4, 0.5) is 5.82 Å². The quantitative estimate of drug-likeness (QED) is 0.802. The lowest BCUT2D eigenvalue weighted by Crippen LogP contribution is -2.37. The topological polar surface area (TPSA) is 53.5 Å². The van der Waals surface area contributed by atoms with Gasteiger partial charge in [0.05, 0.1) is 0 Å². The molecule has 2 aliphatic heterocycles. The van der Waals surface area contributed by atoms with Crippen LogP contribution in [-0.4, -0.2) is 43.9 Å². The molecule has 0 amide bonds. The zero-order valence-corrected chi connectivity index (χ0v) is 16.3. The maximum absolute atomic E-state index is 13.1. The highest BCUT2D eigenvalue weighted by Crippen LogP contribution is 2.32. The molecule has 0 atom stereocenters. The van der Waals surface area contributed by atoms with Gasteiger partial charge in [-0.15, -0.1) is 11.3 Å². The Morgan fingerprint density at radius 2 is 1.88 bits per heavy atom. The summed E-state index contributed by atoms with van der Waals surface area (Å²) >= 11 is 1.75. The van der Waals surface area contributed by atoms with Crippen molar-refractivity contribution < 1.29 is 8.42 Å². The van der Waals surface area contributed by atoms with Crippen LogP contribution in [0.5, 0.6) is 0 Å². The molecule has 0 unspecified atom stereocenters. The molecule has 26 heavy (non-hydrogen) atoms. The largest absolute Gasteiger partial charge is 0.351 e. The molecular formula is C19H23N3O2S2. The summed E-state index contributed by atoms with van der Waals surface area (Å²) in [5.74, 6) is 0.583. The summed E-state index contributed by atoms with van der Waals surface area (Å²) in [5.41, 5.74) is 1.34. The van der Waals surface area contributed by atoms with Crippen molar-refractivity contribution in [1.29, 1.82) is 0 Å². The highest BCUT2D eigenvalue weighted by atomic mass is 32.2. The number of rotatable bonds is 4. The van der Waals surface area contributed by atoms with E-state index in [1.54, 1.807) is 34.0 Å². The van der Waals surface area contributed by atoms with Gasteiger partial charge in [-0.3, -0.25) is 0 Å². The van der Waals surface area contributed by atoms with Crippen LogP contribution in [0, 0.1) is 0 Å². The molecule has 4 heterocycles. The SMILES string of the molecule is O=S(=O)(c1cccnc1N1CC=C(c2cccs2)CC1)N1CCCCC1. The first-order valence-electron chi connectivity index (χ1n) is 9.09. The Hall–Kier alpha value is -1.70. The lowest BCUT2D eigenvalue weighted by molar-refractivity contribution is 0.346. The summed E-state index contributed by atoms with van der Waals surface area (Å²) < 4.78 is 27.9. The van der Waals surface area contributed by atoms with Crippen LogP contribution in [0.1, 0.15) is 30.6 Å². The molecule has 4 rings (SSSR count). The Morgan fingerprint density at radius 3 is 2.58 bits per heavy atom. The van der Waals surface area contributed by atoms with Crippen molar-refractivity contribution in [3.63, 3.8) is 0 Å². The van der Waals surface area contributed by atoms with Crippen LogP contribution >= 0.6 is 11.3 Å². The normalized spacial score (nSPS) is 19.4. The predicted octanol–water partition coefficient (Wildman–Crippen LogP) is 3.61. The van der Waals surface area contributed by atoms with E-state index in [4.69, 9.17) is 0 Å². The maximum Gasteiger partial charge on any atom is 0.246 e. The van der Waals surface area contributed by atoms with E-state index in [2.05, 4.69) is 33.5 Å². The Balaban J connectivity index is 1.61. The molecule has 2 aromatic rings. The first kappa shape index (κ1) is 17.7. The molecule has 0 spiro atoms. The van der Waals surface area contributed by atoms with E-state index < -0.39 is 10.0 Å². The van der Waals surface area contributed by atoms with Gasteiger partial charge in [-0.25, -0.2) is 13.4 Å². The predicted molar refractivity (Wildman–Crippen MR) is 106 cm³/mol. The van der Waals surface area contributed by atoms with Crippen molar-refractivity contribution in [1.82, 2.24) is 9.29 Å². The number of piperidine rings is 1. The van der Waals surface area contributed by atoms with E-state index in [0.717, 1.165) is 32.2 Å². The molecule has 0 radical (unpaired) electrons. The van der Waals surface area contributed by atoms with Gasteiger partial charge in [0.15, 0.2) is 0 Å². The molecule has 2 aliphatic rings. The fourth-order valence-corrected chi connectivity index (χ4v) is 6.09. The molecule has 0 aliphatic carbocycles. The number of aromatic nitrogens is 1. The molecular weight excluding hydrogens is 366 g/mol. The first-order valence-corrected chi connectivity index (χ1v) is 11.4. The summed E-state index contributed by atoms with van der Waals surface area (Å²) in [5, 5.41) is 2.09. The number of sulfonamides is 1. The van der Waals surface area contributed by atoms with Crippen molar-refractivity contribution in [3.05, 3.63) is 46.8 Å². The summed E-state index contributed by atoms with van der Waals surface area (Å²) in [6.45, 7) is 2.69. The minimum Gasteiger partial charge on any atom is -0.351 e. The molecule has 138 valence electrons. The standard InChI is InChI=1S/C19H23N3O2S2/c23-26(24,22-11-2-1-3-12-22)18-7-4-10-20-19(18)21-13-8-16(9-14-21)17-6-5-15-25-17/h4-8,10,15H,1-3,9,11-14H2. The average Bonchev–Trinajstić information content (AvgIpc) is 3.24. The zero-order chi connectivity index (χ0) is 18.0. The molecule has 7 heteroatoms. The van der Waals surface area contributed by atoms with Crippen molar-refractivity contribution in [2.24, 2.45) is 0 Å². The number of anilines is 1. The van der Waals surface area contributed by atoms with E-state index in [9.17, 15) is 8.42 Å². The van der Waals surface area contributed by atoms with Gasteiger partial charge < -0.3 is 4.90 Å². The molecule has 0 N–H and O–H groups in total. The molecule has 2 aromatic heterocycles. The smallest absolute Gasteiger partial charge is 0.246 e. The highest BCUT2D eigenvalue weighted by molar-refractivity contribution is 7.89. The third-order valence-electron chi connectivity index (χ3n) is 5.03. The van der Waals surface area contributed by atoms with Crippen molar-refractivity contribution in [2.75, 3.05) is 31.1 Å². The van der Waals surface area contributed by atoms with Gasteiger partial charge in [0.25, 0.3) is 0 Å². The van der Waals surface area contributed by atoms with E-state index in [1.165, 1.54) is 10.5 Å². The fourth-order valence-electron chi connectivity index (χ4n) is 3.61.